The van der Waals surface area contributed by atoms with Crippen molar-refractivity contribution in [2.24, 2.45) is 0 Å². The van der Waals surface area contributed by atoms with Crippen LogP contribution in [0.1, 0.15) is 0 Å². The summed E-state index contributed by atoms with van der Waals surface area (Å²) in [6.45, 7) is 0. The molecule has 84 valence electrons. The predicted molar refractivity (Wildman–Crippen MR) is 59.5 cm³/mol. The SMILES string of the molecule is [O-][n+]1onc2cc(Oc3ccccc3)ccc21. The van der Waals surface area contributed by atoms with Crippen molar-refractivity contribution >= 4 is 11.0 Å². The Hall–Kier alpha value is -2.56. The van der Waals surface area contributed by atoms with E-state index in [1.165, 1.54) is 0 Å². The van der Waals surface area contributed by atoms with Gasteiger partial charge in [-0.05, 0) is 29.2 Å². The van der Waals surface area contributed by atoms with Gasteiger partial charge in [-0.25, -0.2) is 0 Å². The van der Waals surface area contributed by atoms with E-state index in [0.29, 0.717) is 21.7 Å². The maximum atomic E-state index is 11.1. The van der Waals surface area contributed by atoms with Crippen molar-refractivity contribution in [3.8, 4) is 11.5 Å². The summed E-state index contributed by atoms with van der Waals surface area (Å²) in [6.07, 6.45) is 0. The van der Waals surface area contributed by atoms with Crippen LogP contribution in [0.25, 0.3) is 11.0 Å². The summed E-state index contributed by atoms with van der Waals surface area (Å²) in [5.74, 6) is 1.34. The van der Waals surface area contributed by atoms with Crippen molar-refractivity contribution in [1.82, 2.24) is 5.16 Å². The zero-order valence-corrected chi connectivity index (χ0v) is 8.74. The van der Waals surface area contributed by atoms with Crippen LogP contribution in [0.5, 0.6) is 11.5 Å². The van der Waals surface area contributed by atoms with Crippen LogP contribution in [0.4, 0.5) is 0 Å². The van der Waals surface area contributed by atoms with Gasteiger partial charge < -0.3 is 9.94 Å². The number of ether oxygens (including phenoxy) is 1. The monoisotopic (exact) mass is 228 g/mol. The molecule has 0 saturated carbocycles. The largest absolute Gasteiger partial charge is 0.457 e. The lowest BCUT2D eigenvalue weighted by Crippen LogP contribution is -2.22. The Kier molecular flexibility index (Phi) is 2.15. The van der Waals surface area contributed by atoms with Gasteiger partial charge in [0.25, 0.3) is 5.52 Å². The van der Waals surface area contributed by atoms with Crippen LogP contribution in [-0.2, 0) is 0 Å². The third-order valence-electron chi connectivity index (χ3n) is 2.34. The van der Waals surface area contributed by atoms with Gasteiger partial charge >= 0.3 is 0 Å². The second-order valence-corrected chi connectivity index (χ2v) is 3.50. The first kappa shape index (κ1) is 9.65. The molecule has 17 heavy (non-hydrogen) atoms. The topological polar surface area (TPSA) is 62.2 Å². The second-order valence-electron chi connectivity index (χ2n) is 3.50. The molecule has 3 rings (SSSR count). The van der Waals surface area contributed by atoms with Crippen LogP contribution in [0.15, 0.2) is 53.2 Å². The summed E-state index contributed by atoms with van der Waals surface area (Å²) < 4.78 is 10.1. The summed E-state index contributed by atoms with van der Waals surface area (Å²) in [4.78, 5) is 0.363. The molecule has 0 spiro atoms. The third kappa shape index (κ3) is 1.78. The number of hydrogen-bond acceptors (Lipinski definition) is 4. The molecule has 0 radical (unpaired) electrons. The smallest absolute Gasteiger partial charge is 0.252 e. The molecule has 0 unspecified atom stereocenters. The molecule has 0 aliphatic rings. The minimum Gasteiger partial charge on any atom is -0.457 e. The maximum absolute atomic E-state index is 11.1. The standard InChI is InChI=1S/C12H8N2O3/c15-14-12-7-6-10(8-11(12)13-17-14)16-9-4-2-1-3-5-9/h1-8H. The fraction of sp³-hybridized carbons (Fsp3) is 0. The minimum atomic E-state index is 0.363. The molecule has 0 saturated heterocycles. The van der Waals surface area contributed by atoms with E-state index in [4.69, 9.17) is 4.74 Å². The van der Waals surface area contributed by atoms with E-state index in [9.17, 15) is 5.21 Å². The first-order valence-electron chi connectivity index (χ1n) is 5.05. The fourth-order valence-electron chi connectivity index (χ4n) is 1.54. The van der Waals surface area contributed by atoms with Crippen molar-refractivity contribution in [2.75, 3.05) is 0 Å². The van der Waals surface area contributed by atoms with Crippen molar-refractivity contribution in [3.63, 3.8) is 0 Å². The van der Waals surface area contributed by atoms with Crippen molar-refractivity contribution in [3.05, 3.63) is 53.7 Å². The van der Waals surface area contributed by atoms with Gasteiger partial charge in [-0.2, -0.15) is 0 Å². The van der Waals surface area contributed by atoms with E-state index in [0.717, 1.165) is 5.75 Å². The van der Waals surface area contributed by atoms with Gasteiger partial charge in [-0.1, -0.05) is 18.2 Å². The van der Waals surface area contributed by atoms with E-state index >= 15 is 0 Å². The Morgan fingerprint density at radius 2 is 1.88 bits per heavy atom. The van der Waals surface area contributed by atoms with E-state index in [2.05, 4.69) is 9.79 Å². The molecule has 0 atom stereocenters. The van der Waals surface area contributed by atoms with E-state index in [1.807, 2.05) is 30.3 Å². The number of fused-ring (bicyclic) bond motifs is 1. The van der Waals surface area contributed by atoms with Gasteiger partial charge in [0.05, 0.1) is 0 Å². The molecule has 0 N–H and O–H groups in total. The van der Waals surface area contributed by atoms with Crippen LogP contribution in [0.2, 0.25) is 0 Å². The van der Waals surface area contributed by atoms with Gasteiger partial charge in [-0.15, -0.1) is 0 Å². The highest BCUT2D eigenvalue weighted by Gasteiger charge is 2.10. The lowest BCUT2D eigenvalue weighted by atomic mass is 10.3. The molecule has 1 heterocycles. The van der Waals surface area contributed by atoms with Gasteiger partial charge in [0, 0.05) is 11.2 Å². The van der Waals surface area contributed by atoms with Crippen molar-refractivity contribution < 1.29 is 14.3 Å². The molecule has 2 aromatic carbocycles. The first-order valence-corrected chi connectivity index (χ1v) is 5.05. The van der Waals surface area contributed by atoms with Gasteiger partial charge in [0.1, 0.15) is 11.5 Å². The summed E-state index contributed by atoms with van der Waals surface area (Å²) in [5, 5.41) is 14.7. The zero-order valence-electron chi connectivity index (χ0n) is 8.74. The van der Waals surface area contributed by atoms with Crippen LogP contribution in [-0.4, -0.2) is 5.16 Å². The van der Waals surface area contributed by atoms with E-state index in [-0.39, 0.29) is 0 Å². The van der Waals surface area contributed by atoms with Crippen LogP contribution < -0.4 is 9.64 Å². The number of hydrogen-bond donors (Lipinski definition) is 0. The molecular weight excluding hydrogens is 220 g/mol. The molecule has 0 aliphatic carbocycles. The number of rotatable bonds is 2. The van der Waals surface area contributed by atoms with Gasteiger partial charge in [0.2, 0.25) is 5.52 Å². The average Bonchev–Trinajstić information content (AvgIpc) is 2.72. The number of para-hydroxylation sites is 1. The second kappa shape index (κ2) is 3.79. The summed E-state index contributed by atoms with van der Waals surface area (Å²) in [6, 6.07) is 14.3. The molecule has 0 bridgehead atoms. The lowest BCUT2D eigenvalue weighted by molar-refractivity contribution is -0.782. The number of aromatic nitrogens is 2. The highest BCUT2D eigenvalue weighted by Crippen LogP contribution is 2.23. The molecule has 0 fully saturated rings. The normalized spacial score (nSPS) is 10.6. The fourth-order valence-corrected chi connectivity index (χ4v) is 1.54. The predicted octanol–water partition coefficient (Wildman–Crippen LogP) is 2.25. The molecule has 0 amide bonds. The van der Waals surface area contributed by atoms with Crippen LogP contribution in [0, 0.1) is 5.21 Å². The van der Waals surface area contributed by atoms with Crippen LogP contribution in [0.3, 0.4) is 0 Å². The first-order chi connectivity index (χ1) is 8.33. The van der Waals surface area contributed by atoms with E-state index in [1.54, 1.807) is 18.2 Å². The maximum Gasteiger partial charge on any atom is 0.252 e. The molecular formula is C12H8N2O3. The molecule has 1 aromatic heterocycles. The minimum absolute atomic E-state index is 0.363. The van der Waals surface area contributed by atoms with E-state index < -0.39 is 0 Å². The highest BCUT2D eigenvalue weighted by atomic mass is 16.8. The summed E-state index contributed by atoms with van der Waals surface area (Å²) in [7, 11) is 0. The van der Waals surface area contributed by atoms with Gasteiger partial charge in [-0.3, -0.25) is 4.63 Å². The molecule has 5 heteroatoms. The van der Waals surface area contributed by atoms with Crippen LogP contribution >= 0.6 is 0 Å². The lowest BCUT2D eigenvalue weighted by Gasteiger charge is -2.03. The Labute approximate surface area is 96.4 Å². The van der Waals surface area contributed by atoms with Gasteiger partial charge in [0.15, 0.2) is 0 Å². The third-order valence-corrected chi connectivity index (χ3v) is 2.34. The molecule has 0 aliphatic heterocycles. The molecule has 5 nitrogen and oxygen atoms in total. The highest BCUT2D eigenvalue weighted by molar-refractivity contribution is 5.72. The Balaban J connectivity index is 1.96. The Morgan fingerprint density at radius 3 is 2.71 bits per heavy atom. The van der Waals surface area contributed by atoms with Crippen molar-refractivity contribution in [2.45, 2.75) is 0 Å². The van der Waals surface area contributed by atoms with Crippen molar-refractivity contribution in [1.29, 1.82) is 0 Å². The number of benzene rings is 2. The number of nitrogens with zero attached hydrogens (tertiary/aromatic N) is 2. The summed E-state index contributed by atoms with van der Waals surface area (Å²) >= 11 is 0. The summed E-state index contributed by atoms with van der Waals surface area (Å²) in [5.41, 5.74) is 0.846. The molecule has 3 aromatic rings. The average molecular weight is 228 g/mol. The Bertz CT molecular complexity index is 649. The Morgan fingerprint density at radius 1 is 1.06 bits per heavy atom. The quantitative estimate of drug-likeness (QED) is 0.631. The zero-order chi connectivity index (χ0) is 11.7.